The van der Waals surface area contributed by atoms with Gasteiger partial charge in [0.05, 0.1) is 0 Å². The zero-order valence-electron chi connectivity index (χ0n) is 9.14. The van der Waals surface area contributed by atoms with Crippen molar-refractivity contribution in [3.63, 3.8) is 0 Å². The monoisotopic (exact) mass is 218 g/mol. The number of carboxylic acid groups (broad SMARTS) is 1. The lowest BCUT2D eigenvalue weighted by molar-refractivity contribution is -0.147. The number of carboxylic acids is 1. The molecule has 16 heavy (non-hydrogen) atoms. The van der Waals surface area contributed by atoms with Gasteiger partial charge in [0.15, 0.2) is 0 Å². The lowest BCUT2D eigenvalue weighted by Crippen LogP contribution is -2.33. The van der Waals surface area contributed by atoms with Crippen LogP contribution in [0.2, 0.25) is 0 Å². The number of benzene rings is 1. The molecule has 0 amide bonds. The first-order valence-electron chi connectivity index (χ1n) is 5.37. The highest BCUT2D eigenvalue weighted by molar-refractivity contribution is 5.99. The molecule has 0 heterocycles. The molecule has 0 saturated heterocycles. The fourth-order valence-corrected chi connectivity index (χ4v) is 2.45. The van der Waals surface area contributed by atoms with E-state index in [1.165, 1.54) is 6.92 Å². The molecular formula is C13H14O3. The van der Waals surface area contributed by atoms with Crippen LogP contribution in [0.3, 0.4) is 0 Å². The molecule has 1 saturated carbocycles. The number of aliphatic carboxylic acids is 1. The highest BCUT2D eigenvalue weighted by Crippen LogP contribution is 2.54. The third-order valence-corrected chi connectivity index (χ3v) is 3.34. The number of hydrogen-bond donors (Lipinski definition) is 1. The van der Waals surface area contributed by atoms with Gasteiger partial charge in [-0.25, -0.2) is 0 Å². The van der Waals surface area contributed by atoms with Crippen molar-refractivity contribution in [1.82, 2.24) is 0 Å². The molecule has 0 spiro atoms. The zero-order chi connectivity index (χ0) is 11.8. The van der Waals surface area contributed by atoms with E-state index in [4.69, 9.17) is 5.11 Å². The van der Waals surface area contributed by atoms with E-state index in [2.05, 4.69) is 0 Å². The van der Waals surface area contributed by atoms with Crippen LogP contribution >= 0.6 is 0 Å². The predicted octanol–water partition coefficient (Wildman–Crippen LogP) is 2.01. The van der Waals surface area contributed by atoms with Gasteiger partial charge in [0.2, 0.25) is 0 Å². The van der Waals surface area contributed by atoms with Crippen molar-refractivity contribution in [2.24, 2.45) is 5.92 Å². The zero-order valence-corrected chi connectivity index (χ0v) is 9.14. The second-order valence-electron chi connectivity index (χ2n) is 4.40. The molecule has 0 aromatic heterocycles. The average molecular weight is 218 g/mol. The highest BCUT2D eigenvalue weighted by atomic mass is 16.4. The van der Waals surface area contributed by atoms with Gasteiger partial charge in [0.25, 0.3) is 0 Å². The lowest BCUT2D eigenvalue weighted by Gasteiger charge is -2.21. The minimum Gasteiger partial charge on any atom is -0.481 e. The van der Waals surface area contributed by atoms with Crippen LogP contribution in [0.5, 0.6) is 0 Å². The van der Waals surface area contributed by atoms with Crippen LogP contribution in [0.1, 0.15) is 25.3 Å². The van der Waals surface area contributed by atoms with Gasteiger partial charge in [0.1, 0.15) is 11.7 Å². The number of Topliss-reactive ketones (excluding diaryl/α,β-unsaturated/α-hetero) is 1. The molecule has 1 aliphatic carbocycles. The number of hydrogen-bond acceptors (Lipinski definition) is 2. The first-order valence-corrected chi connectivity index (χ1v) is 5.37. The van der Waals surface area contributed by atoms with Crippen LogP contribution in [0.25, 0.3) is 0 Å². The summed E-state index contributed by atoms with van der Waals surface area (Å²) in [4.78, 5) is 22.6. The number of carbonyl (C=O) groups excluding carboxylic acids is 1. The molecule has 1 aromatic carbocycles. The van der Waals surface area contributed by atoms with Gasteiger partial charge in [0, 0.05) is 5.41 Å². The largest absolute Gasteiger partial charge is 0.481 e. The lowest BCUT2D eigenvalue weighted by atomic mass is 9.80. The third-order valence-electron chi connectivity index (χ3n) is 3.34. The van der Waals surface area contributed by atoms with Crippen molar-refractivity contribution < 1.29 is 14.7 Å². The molecule has 1 atom stereocenters. The SMILES string of the molecule is CC(=O)C(C(=O)O)C1(c2ccccc2)CC1. The van der Waals surface area contributed by atoms with Gasteiger partial charge < -0.3 is 5.11 Å². The molecule has 1 N–H and O–H groups in total. The summed E-state index contributed by atoms with van der Waals surface area (Å²) in [6.45, 7) is 1.36. The van der Waals surface area contributed by atoms with Crippen molar-refractivity contribution in [3.05, 3.63) is 35.9 Å². The van der Waals surface area contributed by atoms with Crippen LogP contribution in [-0.2, 0) is 15.0 Å². The fourth-order valence-electron chi connectivity index (χ4n) is 2.45. The molecule has 3 nitrogen and oxygen atoms in total. The fraction of sp³-hybridized carbons (Fsp3) is 0.385. The summed E-state index contributed by atoms with van der Waals surface area (Å²) in [6.07, 6.45) is 1.57. The van der Waals surface area contributed by atoms with Crippen LogP contribution in [0.15, 0.2) is 30.3 Å². The third kappa shape index (κ3) is 1.62. The number of ketones is 1. The van der Waals surface area contributed by atoms with Gasteiger partial charge in [-0.3, -0.25) is 9.59 Å². The van der Waals surface area contributed by atoms with Crippen molar-refractivity contribution >= 4 is 11.8 Å². The number of rotatable bonds is 4. The Bertz CT molecular complexity index is 404. The summed E-state index contributed by atoms with van der Waals surface area (Å²) in [5.41, 5.74) is 0.524. The maximum absolute atomic E-state index is 11.5. The van der Waals surface area contributed by atoms with E-state index in [9.17, 15) is 9.59 Å². The van der Waals surface area contributed by atoms with E-state index in [-0.39, 0.29) is 5.78 Å². The quantitative estimate of drug-likeness (QED) is 0.786. The van der Waals surface area contributed by atoms with E-state index >= 15 is 0 Å². The molecule has 1 aliphatic rings. The molecule has 1 fully saturated rings. The highest BCUT2D eigenvalue weighted by Gasteiger charge is 2.55. The molecule has 2 rings (SSSR count). The molecule has 3 heteroatoms. The molecule has 1 aromatic rings. The van der Waals surface area contributed by atoms with Crippen LogP contribution in [0, 0.1) is 5.92 Å². The molecule has 0 bridgehead atoms. The van der Waals surface area contributed by atoms with Gasteiger partial charge in [-0.1, -0.05) is 30.3 Å². The molecule has 84 valence electrons. The van der Waals surface area contributed by atoms with Crippen molar-refractivity contribution in [1.29, 1.82) is 0 Å². The van der Waals surface area contributed by atoms with E-state index < -0.39 is 17.3 Å². The summed E-state index contributed by atoms with van der Waals surface area (Å²) in [5, 5.41) is 9.16. The predicted molar refractivity (Wildman–Crippen MR) is 59.2 cm³/mol. The summed E-state index contributed by atoms with van der Waals surface area (Å²) >= 11 is 0. The summed E-state index contributed by atoms with van der Waals surface area (Å²) in [7, 11) is 0. The van der Waals surface area contributed by atoms with Gasteiger partial charge in [-0.15, -0.1) is 0 Å². The molecule has 0 radical (unpaired) electrons. The second-order valence-corrected chi connectivity index (χ2v) is 4.40. The minimum absolute atomic E-state index is 0.256. The van der Waals surface area contributed by atoms with E-state index in [1.54, 1.807) is 0 Å². The van der Waals surface area contributed by atoms with Gasteiger partial charge in [-0.05, 0) is 25.3 Å². The topological polar surface area (TPSA) is 54.4 Å². The normalized spacial score (nSPS) is 18.8. The molecule has 1 unspecified atom stereocenters. The maximum atomic E-state index is 11.5. The van der Waals surface area contributed by atoms with E-state index in [1.807, 2.05) is 30.3 Å². The van der Waals surface area contributed by atoms with E-state index in [0.29, 0.717) is 0 Å². The average Bonchev–Trinajstić information content (AvgIpc) is 2.99. The molecule has 0 aliphatic heterocycles. The smallest absolute Gasteiger partial charge is 0.314 e. The Morgan fingerprint density at radius 2 is 1.81 bits per heavy atom. The Morgan fingerprint density at radius 1 is 1.25 bits per heavy atom. The minimum atomic E-state index is -1.01. The standard InChI is InChI=1S/C13H14O3/c1-9(14)11(12(15)16)13(7-8-13)10-5-3-2-4-6-10/h2-6,11H,7-8H2,1H3,(H,15,16). The Balaban J connectivity index is 2.39. The van der Waals surface area contributed by atoms with Crippen molar-refractivity contribution in [2.45, 2.75) is 25.2 Å². The summed E-state index contributed by atoms with van der Waals surface area (Å²) in [6, 6.07) is 9.48. The number of carbonyl (C=O) groups is 2. The first kappa shape index (κ1) is 10.9. The van der Waals surface area contributed by atoms with Gasteiger partial charge >= 0.3 is 5.97 Å². The Morgan fingerprint density at radius 3 is 2.19 bits per heavy atom. The van der Waals surface area contributed by atoms with Crippen LogP contribution in [-0.4, -0.2) is 16.9 Å². The summed E-state index contributed by atoms with van der Waals surface area (Å²) in [5.74, 6) is -2.15. The van der Waals surface area contributed by atoms with Crippen molar-refractivity contribution in [2.75, 3.05) is 0 Å². The van der Waals surface area contributed by atoms with Crippen LogP contribution < -0.4 is 0 Å². The van der Waals surface area contributed by atoms with Crippen LogP contribution in [0.4, 0.5) is 0 Å². The molecular weight excluding hydrogens is 204 g/mol. The Hall–Kier alpha value is -1.64. The van der Waals surface area contributed by atoms with Gasteiger partial charge in [-0.2, -0.15) is 0 Å². The first-order chi connectivity index (χ1) is 7.58. The second kappa shape index (κ2) is 3.74. The summed E-state index contributed by atoms with van der Waals surface area (Å²) < 4.78 is 0. The Labute approximate surface area is 94.1 Å². The van der Waals surface area contributed by atoms with E-state index in [0.717, 1.165) is 18.4 Å². The van der Waals surface area contributed by atoms with Crippen molar-refractivity contribution in [3.8, 4) is 0 Å². The Kier molecular flexibility index (Phi) is 2.54. The maximum Gasteiger partial charge on any atom is 0.314 e.